The monoisotopic (exact) mass is 407 g/mol. The lowest BCUT2D eigenvalue weighted by Crippen LogP contribution is -2.16. The van der Waals surface area contributed by atoms with Crippen LogP contribution in [0.4, 0.5) is 5.00 Å². The van der Waals surface area contributed by atoms with Crippen LogP contribution in [-0.2, 0) is 14.3 Å². The molecule has 6 nitrogen and oxygen atoms in total. The number of thiophene rings is 1. The molecular formula is C19H21NO5S2. The standard InChI is InChI=1S/C19H21NO5S2/c1-10-6-7-13(8-11(10)2)26-9-14(21)20-17-15(18(22)24-4)12(3)16(27-17)19(23)25-5/h6-8H,9H2,1-5H3,(H,20,21). The van der Waals surface area contributed by atoms with Gasteiger partial charge in [0, 0.05) is 4.90 Å². The second-order valence-corrected chi connectivity index (χ2v) is 7.90. The summed E-state index contributed by atoms with van der Waals surface area (Å²) in [7, 11) is 2.51. The summed E-state index contributed by atoms with van der Waals surface area (Å²) < 4.78 is 9.51. The lowest BCUT2D eigenvalue weighted by Gasteiger charge is -2.07. The van der Waals surface area contributed by atoms with Crippen molar-refractivity contribution in [3.05, 3.63) is 45.3 Å². The first kappa shape index (κ1) is 21.0. The van der Waals surface area contributed by atoms with E-state index < -0.39 is 11.9 Å². The van der Waals surface area contributed by atoms with Gasteiger partial charge in [-0.3, -0.25) is 4.79 Å². The maximum atomic E-state index is 12.4. The molecule has 1 N–H and O–H groups in total. The number of ether oxygens (including phenoxy) is 2. The average Bonchev–Trinajstić information content (AvgIpc) is 2.97. The highest BCUT2D eigenvalue weighted by Crippen LogP contribution is 2.34. The maximum absolute atomic E-state index is 12.4. The normalized spacial score (nSPS) is 10.4. The van der Waals surface area contributed by atoms with E-state index in [1.807, 2.05) is 32.0 Å². The van der Waals surface area contributed by atoms with Gasteiger partial charge in [-0.25, -0.2) is 9.59 Å². The number of nitrogens with one attached hydrogen (secondary N) is 1. The van der Waals surface area contributed by atoms with Gasteiger partial charge in [0.1, 0.15) is 9.88 Å². The molecule has 0 saturated heterocycles. The van der Waals surface area contributed by atoms with Gasteiger partial charge in [0.2, 0.25) is 5.91 Å². The molecule has 1 heterocycles. The second kappa shape index (κ2) is 9.05. The van der Waals surface area contributed by atoms with Gasteiger partial charge in [-0.05, 0) is 49.6 Å². The molecule has 0 radical (unpaired) electrons. The van der Waals surface area contributed by atoms with Crippen molar-refractivity contribution in [1.82, 2.24) is 0 Å². The minimum Gasteiger partial charge on any atom is -0.465 e. The molecule has 2 aromatic rings. The molecule has 0 aliphatic heterocycles. The van der Waals surface area contributed by atoms with Crippen LogP contribution in [0.3, 0.4) is 0 Å². The first-order valence-corrected chi connectivity index (χ1v) is 9.88. The van der Waals surface area contributed by atoms with Crippen molar-refractivity contribution in [2.75, 3.05) is 25.3 Å². The minimum atomic E-state index is -0.615. The summed E-state index contributed by atoms with van der Waals surface area (Å²) in [5.41, 5.74) is 2.95. The zero-order chi connectivity index (χ0) is 20.1. The van der Waals surface area contributed by atoms with Gasteiger partial charge in [0.15, 0.2) is 0 Å². The van der Waals surface area contributed by atoms with Gasteiger partial charge < -0.3 is 14.8 Å². The van der Waals surface area contributed by atoms with Crippen LogP contribution in [0.15, 0.2) is 23.1 Å². The summed E-state index contributed by atoms with van der Waals surface area (Å²) in [5, 5.41) is 3.00. The summed E-state index contributed by atoms with van der Waals surface area (Å²) in [6, 6.07) is 6.00. The van der Waals surface area contributed by atoms with Crippen LogP contribution in [0.25, 0.3) is 0 Å². The zero-order valence-corrected chi connectivity index (χ0v) is 17.4. The number of anilines is 1. The van der Waals surface area contributed by atoms with E-state index in [-0.39, 0.29) is 27.1 Å². The fraction of sp³-hybridized carbons (Fsp3) is 0.316. The van der Waals surface area contributed by atoms with Gasteiger partial charge in [0.25, 0.3) is 0 Å². The Balaban J connectivity index is 2.17. The summed E-state index contributed by atoms with van der Waals surface area (Å²) in [6.45, 7) is 5.67. The smallest absolute Gasteiger partial charge is 0.348 e. The molecule has 0 bridgehead atoms. The number of hydrogen-bond acceptors (Lipinski definition) is 7. The van der Waals surface area contributed by atoms with Gasteiger partial charge >= 0.3 is 11.9 Å². The largest absolute Gasteiger partial charge is 0.465 e. The van der Waals surface area contributed by atoms with Crippen LogP contribution >= 0.6 is 23.1 Å². The van der Waals surface area contributed by atoms with E-state index >= 15 is 0 Å². The number of thioether (sulfide) groups is 1. The zero-order valence-electron chi connectivity index (χ0n) is 15.8. The van der Waals surface area contributed by atoms with Crippen LogP contribution in [0.2, 0.25) is 0 Å². The van der Waals surface area contributed by atoms with Gasteiger partial charge in [0.05, 0.1) is 25.5 Å². The number of benzene rings is 1. The van der Waals surface area contributed by atoms with Gasteiger partial charge in [-0.15, -0.1) is 23.1 Å². The molecule has 144 valence electrons. The number of carbonyl (C=O) groups is 3. The maximum Gasteiger partial charge on any atom is 0.348 e. The molecule has 1 aromatic carbocycles. The predicted octanol–water partition coefficient (Wildman–Crippen LogP) is 3.98. The first-order chi connectivity index (χ1) is 12.8. The quantitative estimate of drug-likeness (QED) is 0.576. The Morgan fingerprint density at radius 1 is 1.04 bits per heavy atom. The Bertz CT molecular complexity index is 888. The van der Waals surface area contributed by atoms with Gasteiger partial charge in [-0.2, -0.15) is 0 Å². The molecule has 0 spiro atoms. The third kappa shape index (κ3) is 4.90. The van der Waals surface area contributed by atoms with E-state index in [9.17, 15) is 14.4 Å². The van der Waals surface area contributed by atoms with Crippen LogP contribution in [0, 0.1) is 20.8 Å². The lowest BCUT2D eigenvalue weighted by atomic mass is 10.1. The minimum absolute atomic E-state index is 0.174. The van der Waals surface area contributed by atoms with E-state index in [2.05, 4.69) is 5.32 Å². The Morgan fingerprint density at radius 2 is 1.70 bits per heavy atom. The van der Waals surface area contributed by atoms with E-state index in [0.717, 1.165) is 21.8 Å². The Morgan fingerprint density at radius 3 is 2.30 bits per heavy atom. The van der Waals surface area contributed by atoms with Crippen molar-refractivity contribution in [1.29, 1.82) is 0 Å². The Hall–Kier alpha value is -2.32. The summed E-state index contributed by atoms with van der Waals surface area (Å²) in [5.74, 6) is -1.28. The van der Waals surface area contributed by atoms with Crippen molar-refractivity contribution in [3.63, 3.8) is 0 Å². The highest BCUT2D eigenvalue weighted by Gasteiger charge is 2.26. The highest BCUT2D eigenvalue weighted by molar-refractivity contribution is 8.00. The topological polar surface area (TPSA) is 81.7 Å². The van der Waals surface area contributed by atoms with E-state index in [1.54, 1.807) is 6.92 Å². The van der Waals surface area contributed by atoms with Crippen molar-refractivity contribution in [2.45, 2.75) is 25.7 Å². The summed E-state index contributed by atoms with van der Waals surface area (Å²) in [4.78, 5) is 37.6. The van der Waals surface area contributed by atoms with E-state index in [0.29, 0.717) is 5.56 Å². The number of aryl methyl sites for hydroxylation is 2. The molecule has 1 aromatic heterocycles. The number of methoxy groups -OCH3 is 2. The number of amides is 1. The number of rotatable bonds is 6. The average molecular weight is 408 g/mol. The molecule has 0 aliphatic rings. The summed E-state index contributed by atoms with van der Waals surface area (Å²) in [6.07, 6.45) is 0. The van der Waals surface area contributed by atoms with E-state index in [1.165, 1.54) is 31.5 Å². The molecule has 0 atom stereocenters. The van der Waals surface area contributed by atoms with Crippen LogP contribution in [0.1, 0.15) is 36.7 Å². The fourth-order valence-corrected chi connectivity index (χ4v) is 4.28. The molecule has 0 fully saturated rings. The molecule has 0 aliphatic carbocycles. The van der Waals surface area contributed by atoms with Crippen LogP contribution < -0.4 is 5.32 Å². The number of esters is 2. The van der Waals surface area contributed by atoms with Gasteiger partial charge in [-0.1, -0.05) is 6.07 Å². The number of hydrogen-bond donors (Lipinski definition) is 1. The van der Waals surface area contributed by atoms with Crippen LogP contribution in [-0.4, -0.2) is 37.8 Å². The molecule has 27 heavy (non-hydrogen) atoms. The molecule has 1 amide bonds. The molecular weight excluding hydrogens is 386 g/mol. The third-order valence-corrected chi connectivity index (χ3v) is 6.19. The van der Waals surface area contributed by atoms with Crippen molar-refractivity contribution in [2.24, 2.45) is 0 Å². The molecule has 2 rings (SSSR count). The Kier molecular flexibility index (Phi) is 7.04. The Labute approximate surface area is 166 Å². The third-order valence-electron chi connectivity index (χ3n) is 4.01. The highest BCUT2D eigenvalue weighted by atomic mass is 32.2. The van der Waals surface area contributed by atoms with Crippen molar-refractivity contribution >= 4 is 45.9 Å². The number of carbonyl (C=O) groups excluding carboxylic acids is 3. The molecule has 0 unspecified atom stereocenters. The first-order valence-electron chi connectivity index (χ1n) is 8.08. The fourth-order valence-electron chi connectivity index (χ4n) is 2.35. The SMILES string of the molecule is COC(=O)c1sc(NC(=O)CSc2ccc(C)c(C)c2)c(C(=O)OC)c1C. The second-order valence-electron chi connectivity index (χ2n) is 5.83. The van der Waals surface area contributed by atoms with Crippen molar-refractivity contribution < 1.29 is 23.9 Å². The summed E-state index contributed by atoms with van der Waals surface area (Å²) >= 11 is 2.40. The molecule has 8 heteroatoms. The van der Waals surface area contributed by atoms with Crippen molar-refractivity contribution in [3.8, 4) is 0 Å². The van der Waals surface area contributed by atoms with Crippen LogP contribution in [0.5, 0.6) is 0 Å². The predicted molar refractivity (Wildman–Crippen MR) is 107 cm³/mol. The van der Waals surface area contributed by atoms with E-state index in [4.69, 9.17) is 9.47 Å². The lowest BCUT2D eigenvalue weighted by molar-refractivity contribution is -0.113. The molecule has 0 saturated carbocycles.